The minimum atomic E-state index is 0.487. The maximum atomic E-state index is 8.91. The maximum Gasteiger partial charge on any atom is 0.131 e. The molecule has 1 aromatic heterocycles. The largest absolute Gasteiger partial charge is 0.339 e. The summed E-state index contributed by atoms with van der Waals surface area (Å²) in [6, 6.07) is 12.3. The minimum Gasteiger partial charge on any atom is -0.339 e. The van der Waals surface area contributed by atoms with Crippen LogP contribution >= 0.6 is 11.6 Å². The van der Waals surface area contributed by atoms with Crippen molar-refractivity contribution >= 4 is 23.1 Å². The first-order valence-electron chi connectivity index (χ1n) is 5.48. The summed E-state index contributed by atoms with van der Waals surface area (Å²) in [5, 5.41) is 21.3. The van der Waals surface area contributed by atoms with Crippen molar-refractivity contribution in [2.45, 2.75) is 6.92 Å². The molecule has 0 atom stereocenters. The Kier molecular flexibility index (Phi) is 3.66. The molecule has 2 aromatic rings. The van der Waals surface area contributed by atoms with Crippen LogP contribution in [0.4, 0.5) is 11.5 Å². The molecule has 0 aliphatic carbocycles. The number of benzene rings is 1. The number of aryl methyl sites for hydroxylation is 1. The van der Waals surface area contributed by atoms with Crippen LogP contribution in [0.5, 0.6) is 0 Å². The summed E-state index contributed by atoms with van der Waals surface area (Å²) in [6.45, 7) is 1.80. The third-order valence-corrected chi connectivity index (χ3v) is 2.77. The number of nitriles is 2. The fourth-order valence-corrected chi connectivity index (χ4v) is 1.79. The van der Waals surface area contributed by atoms with Crippen molar-refractivity contribution < 1.29 is 0 Å². The third-order valence-electron chi connectivity index (χ3n) is 2.44. The summed E-state index contributed by atoms with van der Waals surface area (Å²) in [5.74, 6) is 0.522. The van der Waals surface area contributed by atoms with Gasteiger partial charge in [-0.2, -0.15) is 10.5 Å². The van der Waals surface area contributed by atoms with Crippen molar-refractivity contribution in [3.63, 3.8) is 0 Å². The van der Waals surface area contributed by atoms with E-state index in [0.717, 1.165) is 5.69 Å². The van der Waals surface area contributed by atoms with E-state index in [1.165, 1.54) is 0 Å². The highest BCUT2D eigenvalue weighted by Crippen LogP contribution is 2.26. The molecule has 0 radical (unpaired) electrons. The number of rotatable bonds is 2. The lowest BCUT2D eigenvalue weighted by Crippen LogP contribution is -1.97. The molecule has 1 N–H and O–H groups in total. The topological polar surface area (TPSA) is 72.5 Å². The van der Waals surface area contributed by atoms with Gasteiger partial charge in [-0.25, -0.2) is 4.98 Å². The molecule has 0 spiro atoms. The lowest BCUT2D eigenvalue weighted by molar-refractivity contribution is 1.19. The highest BCUT2D eigenvalue weighted by molar-refractivity contribution is 6.33. The zero-order valence-electron chi connectivity index (χ0n) is 10.1. The standard InChI is InChI=1S/C14H9ClN4/c1-9-4-11(8-17)6-14(18-9)19-13-5-10(7-16)2-3-12(13)15/h2-6H,1H3,(H,18,19). The number of anilines is 2. The molecule has 4 nitrogen and oxygen atoms in total. The Morgan fingerprint density at radius 2 is 1.84 bits per heavy atom. The van der Waals surface area contributed by atoms with E-state index < -0.39 is 0 Å². The first-order chi connectivity index (χ1) is 9.12. The van der Waals surface area contributed by atoms with Gasteiger partial charge in [0.25, 0.3) is 0 Å². The van der Waals surface area contributed by atoms with Gasteiger partial charge in [-0.05, 0) is 37.3 Å². The second-order valence-corrected chi connectivity index (χ2v) is 4.33. The Labute approximate surface area is 115 Å². The molecule has 0 amide bonds. The van der Waals surface area contributed by atoms with Crippen LogP contribution in [-0.2, 0) is 0 Å². The predicted molar refractivity (Wildman–Crippen MR) is 73.1 cm³/mol. The monoisotopic (exact) mass is 268 g/mol. The summed E-state index contributed by atoms with van der Waals surface area (Å²) in [4.78, 5) is 4.27. The molecule has 0 fully saturated rings. The summed E-state index contributed by atoms with van der Waals surface area (Å²) in [7, 11) is 0. The quantitative estimate of drug-likeness (QED) is 0.904. The molecule has 0 saturated carbocycles. The molecule has 0 aliphatic rings. The average Bonchev–Trinajstić information content (AvgIpc) is 2.40. The first kappa shape index (κ1) is 12.9. The van der Waals surface area contributed by atoms with E-state index in [4.69, 9.17) is 22.1 Å². The van der Waals surface area contributed by atoms with Crippen LogP contribution in [0.15, 0.2) is 30.3 Å². The zero-order chi connectivity index (χ0) is 13.8. The molecule has 19 heavy (non-hydrogen) atoms. The number of nitrogens with one attached hydrogen (secondary N) is 1. The van der Waals surface area contributed by atoms with E-state index in [2.05, 4.69) is 16.4 Å². The molecule has 2 rings (SSSR count). The smallest absolute Gasteiger partial charge is 0.131 e. The SMILES string of the molecule is Cc1cc(C#N)cc(Nc2cc(C#N)ccc2Cl)n1. The van der Waals surface area contributed by atoms with Crippen LogP contribution in [0, 0.1) is 29.6 Å². The van der Waals surface area contributed by atoms with Crippen LogP contribution in [0.1, 0.15) is 16.8 Å². The van der Waals surface area contributed by atoms with Crippen LogP contribution in [-0.4, -0.2) is 4.98 Å². The Hall–Kier alpha value is -2.56. The second-order valence-electron chi connectivity index (χ2n) is 3.93. The molecule has 1 heterocycles. The first-order valence-corrected chi connectivity index (χ1v) is 5.85. The molecular weight excluding hydrogens is 260 g/mol. The summed E-state index contributed by atoms with van der Waals surface area (Å²) >= 11 is 6.05. The maximum absolute atomic E-state index is 8.91. The van der Waals surface area contributed by atoms with E-state index in [1.807, 2.05) is 6.07 Å². The van der Waals surface area contributed by atoms with E-state index >= 15 is 0 Å². The Bertz CT molecular complexity index is 710. The molecular formula is C14H9ClN4. The summed E-state index contributed by atoms with van der Waals surface area (Å²) in [6.07, 6.45) is 0. The van der Waals surface area contributed by atoms with Crippen LogP contribution in [0.25, 0.3) is 0 Å². The van der Waals surface area contributed by atoms with Crippen LogP contribution in [0.2, 0.25) is 5.02 Å². The lowest BCUT2D eigenvalue weighted by atomic mass is 10.2. The van der Waals surface area contributed by atoms with E-state index in [-0.39, 0.29) is 0 Å². The normalized spacial score (nSPS) is 9.47. The highest BCUT2D eigenvalue weighted by atomic mass is 35.5. The molecule has 92 valence electrons. The Morgan fingerprint density at radius 3 is 2.53 bits per heavy atom. The number of pyridine rings is 1. The minimum absolute atomic E-state index is 0.487. The lowest BCUT2D eigenvalue weighted by Gasteiger charge is -2.09. The van der Waals surface area contributed by atoms with Gasteiger partial charge in [0.15, 0.2) is 0 Å². The fourth-order valence-electron chi connectivity index (χ4n) is 1.63. The van der Waals surface area contributed by atoms with Gasteiger partial charge < -0.3 is 5.32 Å². The number of hydrogen-bond donors (Lipinski definition) is 1. The van der Waals surface area contributed by atoms with Crippen LogP contribution in [0.3, 0.4) is 0 Å². The number of hydrogen-bond acceptors (Lipinski definition) is 4. The van der Waals surface area contributed by atoms with Gasteiger partial charge >= 0.3 is 0 Å². The predicted octanol–water partition coefficient (Wildman–Crippen LogP) is 3.53. The van der Waals surface area contributed by atoms with Crippen molar-refractivity contribution in [3.05, 3.63) is 52.2 Å². The fraction of sp³-hybridized carbons (Fsp3) is 0.0714. The van der Waals surface area contributed by atoms with Crippen molar-refractivity contribution in [2.24, 2.45) is 0 Å². The van der Waals surface area contributed by atoms with E-state index in [9.17, 15) is 0 Å². The molecule has 5 heteroatoms. The third kappa shape index (κ3) is 3.01. The van der Waals surface area contributed by atoms with E-state index in [1.54, 1.807) is 37.3 Å². The van der Waals surface area contributed by atoms with Gasteiger partial charge in [-0.15, -0.1) is 0 Å². The Morgan fingerprint density at radius 1 is 1.11 bits per heavy atom. The highest BCUT2D eigenvalue weighted by Gasteiger charge is 2.05. The molecule has 0 bridgehead atoms. The van der Waals surface area contributed by atoms with Gasteiger partial charge in [0, 0.05) is 5.69 Å². The molecule has 0 aliphatic heterocycles. The van der Waals surface area contributed by atoms with Gasteiger partial charge in [-0.3, -0.25) is 0 Å². The van der Waals surface area contributed by atoms with Gasteiger partial charge in [0.2, 0.25) is 0 Å². The number of nitrogens with zero attached hydrogens (tertiary/aromatic N) is 3. The van der Waals surface area contributed by atoms with Crippen molar-refractivity contribution in [1.82, 2.24) is 4.98 Å². The van der Waals surface area contributed by atoms with Crippen molar-refractivity contribution in [3.8, 4) is 12.1 Å². The van der Waals surface area contributed by atoms with Crippen molar-refractivity contribution in [2.75, 3.05) is 5.32 Å². The summed E-state index contributed by atoms with van der Waals surface area (Å²) < 4.78 is 0. The average molecular weight is 269 g/mol. The van der Waals surface area contributed by atoms with Gasteiger partial charge in [-0.1, -0.05) is 11.6 Å². The number of aromatic nitrogens is 1. The second kappa shape index (κ2) is 5.39. The Balaban J connectivity index is 2.39. The van der Waals surface area contributed by atoms with Crippen molar-refractivity contribution in [1.29, 1.82) is 10.5 Å². The van der Waals surface area contributed by atoms with E-state index in [0.29, 0.717) is 27.7 Å². The zero-order valence-corrected chi connectivity index (χ0v) is 10.9. The molecule has 0 unspecified atom stereocenters. The van der Waals surface area contributed by atoms with Gasteiger partial charge in [0.1, 0.15) is 5.82 Å². The molecule has 1 aromatic carbocycles. The van der Waals surface area contributed by atoms with Gasteiger partial charge in [0.05, 0.1) is 34.0 Å². The number of halogens is 1. The molecule has 0 saturated heterocycles. The van der Waals surface area contributed by atoms with Crippen LogP contribution < -0.4 is 5.32 Å². The summed E-state index contributed by atoms with van der Waals surface area (Å²) in [5.41, 5.74) is 2.33.